The zero-order valence-electron chi connectivity index (χ0n) is 10.9. The second-order valence-electron chi connectivity index (χ2n) is 4.52. The molecule has 2 aromatic rings. The molecule has 1 heterocycles. The van der Waals surface area contributed by atoms with Gasteiger partial charge in [-0.25, -0.2) is 4.98 Å². The summed E-state index contributed by atoms with van der Waals surface area (Å²) in [5.74, 6) is 1.44. The van der Waals surface area contributed by atoms with E-state index in [0.29, 0.717) is 5.92 Å². The molecule has 0 saturated carbocycles. The molecule has 1 atom stereocenters. The first-order valence-corrected chi connectivity index (χ1v) is 6.34. The number of nitrogens with zero attached hydrogens (tertiary/aromatic N) is 2. The highest BCUT2D eigenvalue weighted by atomic mass is 15.0. The molecule has 94 valence electrons. The molecule has 0 aliphatic heterocycles. The third kappa shape index (κ3) is 3.29. The summed E-state index contributed by atoms with van der Waals surface area (Å²) in [7, 11) is 0. The lowest BCUT2D eigenvalue weighted by Gasteiger charge is -2.13. The van der Waals surface area contributed by atoms with E-state index >= 15 is 0 Å². The Kier molecular flexibility index (Phi) is 4.29. The van der Waals surface area contributed by atoms with E-state index in [1.54, 1.807) is 12.4 Å². The predicted octanol–water partition coefficient (Wildman–Crippen LogP) is 3.39. The minimum atomic E-state index is 0.552. The summed E-state index contributed by atoms with van der Waals surface area (Å²) in [6.45, 7) is 5.13. The standard InChI is InChI=1S/C15H19N3/c1-12(14-6-4-3-5-7-14)8-9-17-15-13(2)16-10-11-18-15/h3-7,10-12H,8-9H2,1-2H3,(H,17,18). The van der Waals surface area contributed by atoms with Crippen LogP contribution in [0.4, 0.5) is 5.82 Å². The maximum Gasteiger partial charge on any atom is 0.147 e. The van der Waals surface area contributed by atoms with Gasteiger partial charge in [0.2, 0.25) is 0 Å². The molecule has 2 rings (SSSR count). The molecule has 0 aliphatic rings. The molecule has 0 saturated heterocycles. The maximum absolute atomic E-state index is 4.27. The summed E-state index contributed by atoms with van der Waals surface area (Å²) < 4.78 is 0. The molecule has 0 fully saturated rings. The van der Waals surface area contributed by atoms with Crippen LogP contribution in [-0.4, -0.2) is 16.5 Å². The minimum Gasteiger partial charge on any atom is -0.369 e. The largest absolute Gasteiger partial charge is 0.369 e. The summed E-state index contributed by atoms with van der Waals surface area (Å²) in [6, 6.07) is 10.6. The van der Waals surface area contributed by atoms with Gasteiger partial charge < -0.3 is 5.32 Å². The fourth-order valence-corrected chi connectivity index (χ4v) is 1.94. The number of aromatic nitrogens is 2. The van der Waals surface area contributed by atoms with E-state index in [1.807, 2.05) is 6.92 Å². The highest BCUT2D eigenvalue weighted by Crippen LogP contribution is 2.18. The lowest BCUT2D eigenvalue weighted by atomic mass is 9.98. The molecule has 0 spiro atoms. The normalized spacial score (nSPS) is 12.1. The molecule has 1 aromatic carbocycles. The Labute approximate surface area is 108 Å². The van der Waals surface area contributed by atoms with Crippen molar-refractivity contribution in [3.8, 4) is 0 Å². The SMILES string of the molecule is Cc1nccnc1NCCC(C)c1ccccc1. The van der Waals surface area contributed by atoms with Gasteiger partial charge >= 0.3 is 0 Å². The van der Waals surface area contributed by atoms with Crippen molar-refractivity contribution in [1.82, 2.24) is 9.97 Å². The van der Waals surface area contributed by atoms with Gasteiger partial charge in [-0.05, 0) is 24.8 Å². The smallest absolute Gasteiger partial charge is 0.147 e. The van der Waals surface area contributed by atoms with Crippen molar-refractivity contribution in [1.29, 1.82) is 0 Å². The Balaban J connectivity index is 1.84. The van der Waals surface area contributed by atoms with Crippen molar-refractivity contribution < 1.29 is 0 Å². The molecule has 3 heteroatoms. The van der Waals surface area contributed by atoms with Crippen molar-refractivity contribution >= 4 is 5.82 Å². The van der Waals surface area contributed by atoms with Gasteiger partial charge in [0.1, 0.15) is 5.82 Å². The molecular formula is C15H19N3. The van der Waals surface area contributed by atoms with Crippen LogP contribution in [0.2, 0.25) is 0 Å². The van der Waals surface area contributed by atoms with E-state index in [2.05, 4.69) is 52.5 Å². The number of benzene rings is 1. The van der Waals surface area contributed by atoms with Gasteiger partial charge in [0, 0.05) is 18.9 Å². The topological polar surface area (TPSA) is 37.8 Å². The van der Waals surface area contributed by atoms with Crippen molar-refractivity contribution in [3.63, 3.8) is 0 Å². The van der Waals surface area contributed by atoms with Crippen molar-refractivity contribution in [2.24, 2.45) is 0 Å². The molecule has 1 unspecified atom stereocenters. The van der Waals surface area contributed by atoms with Crippen LogP contribution in [0.15, 0.2) is 42.7 Å². The second kappa shape index (κ2) is 6.15. The van der Waals surface area contributed by atoms with E-state index in [1.165, 1.54) is 5.56 Å². The molecular weight excluding hydrogens is 222 g/mol. The fourth-order valence-electron chi connectivity index (χ4n) is 1.94. The summed E-state index contributed by atoms with van der Waals surface area (Å²) in [5.41, 5.74) is 2.33. The highest BCUT2D eigenvalue weighted by Gasteiger charge is 2.05. The third-order valence-electron chi connectivity index (χ3n) is 3.12. The number of rotatable bonds is 5. The molecule has 1 aromatic heterocycles. The van der Waals surface area contributed by atoms with Crippen molar-refractivity contribution in [2.45, 2.75) is 26.2 Å². The molecule has 0 amide bonds. The predicted molar refractivity (Wildman–Crippen MR) is 74.7 cm³/mol. The molecule has 1 N–H and O–H groups in total. The van der Waals surface area contributed by atoms with Crippen LogP contribution >= 0.6 is 0 Å². The average molecular weight is 241 g/mol. The summed E-state index contributed by atoms with van der Waals surface area (Å²) in [5, 5.41) is 3.34. The summed E-state index contributed by atoms with van der Waals surface area (Å²) in [6.07, 6.45) is 4.52. The van der Waals surface area contributed by atoms with Crippen LogP contribution in [0.25, 0.3) is 0 Å². The fraction of sp³-hybridized carbons (Fsp3) is 0.333. The van der Waals surface area contributed by atoms with Crippen molar-refractivity contribution in [2.75, 3.05) is 11.9 Å². The molecule has 3 nitrogen and oxygen atoms in total. The Morgan fingerprint density at radius 1 is 1.11 bits per heavy atom. The number of hydrogen-bond donors (Lipinski definition) is 1. The average Bonchev–Trinajstić information content (AvgIpc) is 2.42. The van der Waals surface area contributed by atoms with Gasteiger partial charge in [-0.2, -0.15) is 0 Å². The van der Waals surface area contributed by atoms with Gasteiger partial charge in [-0.1, -0.05) is 37.3 Å². The van der Waals surface area contributed by atoms with Crippen LogP contribution in [0.5, 0.6) is 0 Å². The summed E-state index contributed by atoms with van der Waals surface area (Å²) in [4.78, 5) is 8.48. The molecule has 0 aliphatic carbocycles. The first-order valence-electron chi connectivity index (χ1n) is 6.34. The number of aryl methyl sites for hydroxylation is 1. The molecule has 0 radical (unpaired) electrons. The minimum absolute atomic E-state index is 0.552. The Morgan fingerprint density at radius 2 is 1.83 bits per heavy atom. The van der Waals surface area contributed by atoms with Crippen LogP contribution in [0.1, 0.15) is 30.5 Å². The Morgan fingerprint density at radius 3 is 2.56 bits per heavy atom. The van der Waals surface area contributed by atoms with Gasteiger partial charge in [0.05, 0.1) is 5.69 Å². The molecule has 18 heavy (non-hydrogen) atoms. The number of anilines is 1. The summed E-state index contributed by atoms with van der Waals surface area (Å²) >= 11 is 0. The van der Waals surface area contributed by atoms with E-state index in [4.69, 9.17) is 0 Å². The van der Waals surface area contributed by atoms with E-state index < -0.39 is 0 Å². The van der Waals surface area contributed by atoms with Gasteiger partial charge in [0.25, 0.3) is 0 Å². The monoisotopic (exact) mass is 241 g/mol. The molecule has 0 bridgehead atoms. The lowest BCUT2D eigenvalue weighted by molar-refractivity contribution is 0.704. The first kappa shape index (κ1) is 12.6. The second-order valence-corrected chi connectivity index (χ2v) is 4.52. The van der Waals surface area contributed by atoms with Gasteiger partial charge in [0.15, 0.2) is 0 Å². The van der Waals surface area contributed by atoms with Crippen LogP contribution in [0, 0.1) is 6.92 Å². The van der Waals surface area contributed by atoms with Gasteiger partial charge in [-0.15, -0.1) is 0 Å². The quantitative estimate of drug-likeness (QED) is 0.872. The van der Waals surface area contributed by atoms with E-state index in [-0.39, 0.29) is 0 Å². The Bertz CT molecular complexity index is 482. The van der Waals surface area contributed by atoms with E-state index in [9.17, 15) is 0 Å². The van der Waals surface area contributed by atoms with Crippen molar-refractivity contribution in [3.05, 3.63) is 54.0 Å². The van der Waals surface area contributed by atoms with Gasteiger partial charge in [-0.3, -0.25) is 4.98 Å². The zero-order valence-corrected chi connectivity index (χ0v) is 10.9. The van der Waals surface area contributed by atoms with Crippen LogP contribution in [0.3, 0.4) is 0 Å². The van der Waals surface area contributed by atoms with Crippen LogP contribution in [-0.2, 0) is 0 Å². The maximum atomic E-state index is 4.27. The lowest BCUT2D eigenvalue weighted by Crippen LogP contribution is -2.08. The first-order chi connectivity index (χ1) is 8.77. The third-order valence-corrected chi connectivity index (χ3v) is 3.12. The highest BCUT2D eigenvalue weighted by molar-refractivity contribution is 5.38. The number of hydrogen-bond acceptors (Lipinski definition) is 3. The van der Waals surface area contributed by atoms with E-state index in [0.717, 1.165) is 24.5 Å². The zero-order chi connectivity index (χ0) is 12.8. The van der Waals surface area contributed by atoms with Crippen LogP contribution < -0.4 is 5.32 Å². The Hall–Kier alpha value is -1.90. The number of nitrogens with one attached hydrogen (secondary N) is 1.